The second-order valence-corrected chi connectivity index (χ2v) is 3.51. The fourth-order valence-electron chi connectivity index (χ4n) is 0.867. The summed E-state index contributed by atoms with van der Waals surface area (Å²) in [5, 5.41) is 0.528. The molecule has 0 aromatic rings. The van der Waals surface area contributed by atoms with E-state index in [9.17, 15) is 4.79 Å². The topological polar surface area (TPSA) is 17.1 Å². The summed E-state index contributed by atoms with van der Waals surface area (Å²) in [6.45, 7) is 2.18. The van der Waals surface area contributed by atoms with E-state index < -0.39 is 0 Å². The summed E-state index contributed by atoms with van der Waals surface area (Å²) in [7, 11) is 0. The van der Waals surface area contributed by atoms with Crippen LogP contribution >= 0.6 is 11.8 Å². The molecule has 0 spiro atoms. The lowest BCUT2D eigenvalue weighted by atomic mass is 10.2. The van der Waals surface area contributed by atoms with Crippen molar-refractivity contribution in [2.24, 2.45) is 0 Å². The van der Waals surface area contributed by atoms with Gasteiger partial charge in [0.15, 0.2) is 0 Å². The first kappa shape index (κ1) is 10.8. The number of carbonyl (C=O) groups is 1. The van der Waals surface area contributed by atoms with Gasteiger partial charge in [0, 0.05) is 5.25 Å². The fraction of sp³-hybridized carbons (Fsp3) is 0.667. The Morgan fingerprint density at radius 2 is 2.27 bits per heavy atom. The molecule has 0 aliphatic rings. The first-order valence-electron chi connectivity index (χ1n) is 4.00. The van der Waals surface area contributed by atoms with Crippen LogP contribution in [-0.4, -0.2) is 17.8 Å². The van der Waals surface area contributed by atoms with Gasteiger partial charge in [-0.05, 0) is 18.8 Å². The second kappa shape index (κ2) is 7.86. The van der Waals surface area contributed by atoms with Gasteiger partial charge in [-0.2, -0.15) is 11.8 Å². The molecule has 11 heavy (non-hydrogen) atoms. The second-order valence-electron chi connectivity index (χ2n) is 2.44. The smallest absolute Gasteiger partial charge is 0.142 e. The van der Waals surface area contributed by atoms with Gasteiger partial charge < -0.3 is 0 Å². The number of unbranched alkanes of at least 4 members (excludes halogenated alkanes) is 1. The first-order chi connectivity index (χ1) is 5.35. The molecule has 1 unspecified atom stereocenters. The monoisotopic (exact) mass is 172 g/mol. The van der Waals surface area contributed by atoms with Crippen LogP contribution in [0.2, 0.25) is 0 Å². The normalized spacial score (nSPS) is 13.6. The zero-order chi connectivity index (χ0) is 8.53. The number of aldehydes is 1. The Kier molecular flexibility index (Phi) is 7.69. The molecule has 0 radical (unpaired) electrons. The number of rotatable bonds is 6. The van der Waals surface area contributed by atoms with Crippen LogP contribution in [0, 0.1) is 0 Å². The molecule has 0 saturated carbocycles. The molecule has 1 nitrogen and oxygen atoms in total. The summed E-state index contributed by atoms with van der Waals surface area (Å²) in [6.07, 6.45) is 10.2. The summed E-state index contributed by atoms with van der Waals surface area (Å²) < 4.78 is 0. The molecule has 0 aromatic heterocycles. The zero-order valence-corrected chi connectivity index (χ0v) is 8.06. The maximum absolute atomic E-state index is 10.0. The van der Waals surface area contributed by atoms with Crippen LogP contribution in [0.1, 0.15) is 26.2 Å². The summed E-state index contributed by atoms with van der Waals surface area (Å²) >= 11 is 1.80. The van der Waals surface area contributed by atoms with Crippen LogP contribution in [0.4, 0.5) is 0 Å². The fourth-order valence-corrected chi connectivity index (χ4v) is 1.52. The Morgan fingerprint density at radius 3 is 2.73 bits per heavy atom. The molecule has 0 aromatic carbocycles. The molecule has 0 N–H and O–H groups in total. The van der Waals surface area contributed by atoms with Crippen LogP contribution in [0.5, 0.6) is 0 Å². The van der Waals surface area contributed by atoms with Crippen molar-refractivity contribution in [1.82, 2.24) is 0 Å². The van der Waals surface area contributed by atoms with Crippen molar-refractivity contribution in [3.63, 3.8) is 0 Å². The summed E-state index contributed by atoms with van der Waals surface area (Å²) in [6, 6.07) is 0. The molecule has 0 saturated heterocycles. The molecule has 0 amide bonds. The van der Waals surface area contributed by atoms with E-state index in [0.717, 1.165) is 6.29 Å². The molecule has 2 heteroatoms. The maximum atomic E-state index is 10.0. The molecule has 0 aliphatic carbocycles. The van der Waals surface area contributed by atoms with Crippen molar-refractivity contribution in [3.8, 4) is 0 Å². The minimum absolute atomic E-state index is 0.528. The Morgan fingerprint density at radius 1 is 1.55 bits per heavy atom. The largest absolute Gasteiger partial charge is 0.299 e. The third-order valence-electron chi connectivity index (χ3n) is 1.55. The molecule has 0 rings (SSSR count). The number of thioether (sulfide) groups is 1. The van der Waals surface area contributed by atoms with Gasteiger partial charge in [-0.1, -0.05) is 25.8 Å². The number of carbonyl (C=O) groups excluding carboxylic acids is 1. The quantitative estimate of drug-likeness (QED) is 0.452. The van der Waals surface area contributed by atoms with Gasteiger partial charge in [0.2, 0.25) is 0 Å². The summed E-state index contributed by atoms with van der Waals surface area (Å²) in [4.78, 5) is 10.0. The van der Waals surface area contributed by atoms with Crippen LogP contribution in [0.15, 0.2) is 12.2 Å². The maximum Gasteiger partial charge on any atom is 0.142 e. The molecular formula is C9H16OS. The molecule has 1 atom stereocenters. The van der Waals surface area contributed by atoms with E-state index in [1.165, 1.54) is 19.3 Å². The minimum Gasteiger partial charge on any atom is -0.299 e. The highest BCUT2D eigenvalue weighted by Gasteiger charge is 1.99. The van der Waals surface area contributed by atoms with E-state index in [2.05, 4.69) is 13.2 Å². The molecule has 0 heterocycles. The third kappa shape index (κ3) is 6.17. The highest BCUT2D eigenvalue weighted by molar-refractivity contribution is 7.99. The van der Waals surface area contributed by atoms with Gasteiger partial charge in [-0.25, -0.2) is 0 Å². The van der Waals surface area contributed by atoms with Gasteiger partial charge in [-0.3, -0.25) is 4.79 Å². The van der Waals surface area contributed by atoms with Crippen molar-refractivity contribution < 1.29 is 4.79 Å². The van der Waals surface area contributed by atoms with E-state index in [0.29, 0.717) is 5.25 Å². The summed E-state index contributed by atoms with van der Waals surface area (Å²) in [5.41, 5.74) is 0. The predicted octanol–water partition coefficient (Wildman–Crippen LogP) is 2.66. The molecule has 0 aliphatic heterocycles. The van der Waals surface area contributed by atoms with Crippen molar-refractivity contribution in [1.29, 1.82) is 0 Å². The minimum atomic E-state index is 0.528. The Labute approximate surface area is 73.3 Å². The Balaban J connectivity index is 3.56. The highest BCUT2D eigenvalue weighted by Crippen LogP contribution is 2.15. The molecule has 64 valence electrons. The van der Waals surface area contributed by atoms with Crippen LogP contribution in [0.25, 0.3) is 0 Å². The lowest BCUT2D eigenvalue weighted by Gasteiger charge is -2.06. The van der Waals surface area contributed by atoms with Crippen LogP contribution in [-0.2, 0) is 4.79 Å². The first-order valence-corrected chi connectivity index (χ1v) is 5.28. The van der Waals surface area contributed by atoms with E-state index in [4.69, 9.17) is 0 Å². The van der Waals surface area contributed by atoms with Crippen molar-refractivity contribution >= 4 is 18.0 Å². The van der Waals surface area contributed by atoms with Gasteiger partial charge in [0.25, 0.3) is 0 Å². The predicted molar refractivity (Wildman–Crippen MR) is 52.0 cm³/mol. The van der Waals surface area contributed by atoms with Gasteiger partial charge >= 0.3 is 0 Å². The lowest BCUT2D eigenvalue weighted by molar-refractivity contribution is -0.104. The van der Waals surface area contributed by atoms with Crippen molar-refractivity contribution in [2.75, 3.05) is 6.26 Å². The lowest BCUT2D eigenvalue weighted by Crippen LogP contribution is -1.96. The van der Waals surface area contributed by atoms with E-state index in [1.807, 2.05) is 6.08 Å². The number of hydrogen-bond donors (Lipinski definition) is 0. The van der Waals surface area contributed by atoms with Gasteiger partial charge in [0.05, 0.1) is 0 Å². The number of allylic oxidation sites excluding steroid dienone is 1. The standard InChI is InChI=1S/C9H16OS/c1-3-4-6-9(11-2)7-5-8-10/h5,7-9H,3-4,6H2,1-2H3/b7-5+. The Hall–Kier alpha value is -0.240. The average Bonchev–Trinajstić information content (AvgIpc) is 2.05. The Bertz CT molecular complexity index is 121. The third-order valence-corrected chi connectivity index (χ3v) is 2.55. The van der Waals surface area contributed by atoms with Gasteiger partial charge in [0.1, 0.15) is 6.29 Å². The highest BCUT2D eigenvalue weighted by atomic mass is 32.2. The zero-order valence-electron chi connectivity index (χ0n) is 7.25. The average molecular weight is 172 g/mol. The number of hydrogen-bond acceptors (Lipinski definition) is 2. The SMILES string of the molecule is CCCCC(/C=C/C=O)SC. The van der Waals surface area contributed by atoms with Crippen molar-refractivity contribution in [3.05, 3.63) is 12.2 Å². The van der Waals surface area contributed by atoms with E-state index in [1.54, 1.807) is 17.8 Å². The molecule has 0 fully saturated rings. The van der Waals surface area contributed by atoms with Crippen LogP contribution in [0.3, 0.4) is 0 Å². The van der Waals surface area contributed by atoms with E-state index in [-0.39, 0.29) is 0 Å². The summed E-state index contributed by atoms with van der Waals surface area (Å²) in [5.74, 6) is 0. The van der Waals surface area contributed by atoms with E-state index >= 15 is 0 Å². The molecular weight excluding hydrogens is 156 g/mol. The van der Waals surface area contributed by atoms with Crippen LogP contribution < -0.4 is 0 Å². The van der Waals surface area contributed by atoms with Crippen molar-refractivity contribution in [2.45, 2.75) is 31.4 Å². The molecule has 0 bridgehead atoms. The van der Waals surface area contributed by atoms with Gasteiger partial charge in [-0.15, -0.1) is 0 Å².